The van der Waals surface area contributed by atoms with Gasteiger partial charge < -0.3 is 26.3 Å². The van der Waals surface area contributed by atoms with Crippen LogP contribution in [0.4, 0.5) is 8.78 Å². The number of halogens is 2. The molecule has 6 N–H and O–H groups in total. The van der Waals surface area contributed by atoms with E-state index >= 15 is 0 Å². The van der Waals surface area contributed by atoms with Gasteiger partial charge in [-0.3, -0.25) is 20.2 Å². The number of ether oxygens (including phenoxy) is 2. The van der Waals surface area contributed by atoms with Gasteiger partial charge in [0, 0.05) is 50.1 Å². The molecule has 0 aliphatic heterocycles. The zero-order chi connectivity index (χ0) is 28.9. The van der Waals surface area contributed by atoms with Crippen LogP contribution < -0.4 is 26.3 Å². The van der Waals surface area contributed by atoms with Crippen LogP contribution in [0.15, 0.2) is 41.5 Å². The van der Waals surface area contributed by atoms with E-state index in [2.05, 4.69) is 32.1 Å². The van der Waals surface area contributed by atoms with Crippen molar-refractivity contribution >= 4 is 28.9 Å². The van der Waals surface area contributed by atoms with Gasteiger partial charge in [-0.05, 0) is 24.8 Å². The molecule has 1 atom stereocenters. The maximum atomic E-state index is 13.4. The first kappa shape index (κ1) is 31.2. The van der Waals surface area contributed by atoms with Gasteiger partial charge in [-0.1, -0.05) is 31.5 Å². The van der Waals surface area contributed by atoms with E-state index in [4.69, 9.17) is 26.4 Å². The van der Waals surface area contributed by atoms with Crippen LogP contribution in [0.5, 0.6) is 11.6 Å². The van der Waals surface area contributed by atoms with Crippen LogP contribution in [0.2, 0.25) is 0 Å². The summed E-state index contributed by atoms with van der Waals surface area (Å²) in [5, 5.41) is 10.5. The van der Waals surface area contributed by atoms with Crippen LogP contribution >= 0.6 is 11.8 Å². The van der Waals surface area contributed by atoms with Crippen molar-refractivity contribution < 1.29 is 24.5 Å². The van der Waals surface area contributed by atoms with E-state index in [9.17, 15) is 13.6 Å². The largest absolute Gasteiger partial charge is 0.494 e. The maximum Gasteiger partial charge on any atom is 0.280 e. The van der Waals surface area contributed by atoms with E-state index in [1.807, 2.05) is 13.8 Å². The molecule has 13 heteroatoms. The average Bonchev–Trinajstić information content (AvgIpc) is 3.76. The van der Waals surface area contributed by atoms with Gasteiger partial charge in [-0.15, -0.1) is 0 Å². The number of hydrogen-bond acceptors (Lipinski definition) is 10. The second-order valence-electron chi connectivity index (χ2n) is 7.64. The summed E-state index contributed by atoms with van der Waals surface area (Å²) < 4.78 is 37.6. The lowest BCUT2D eigenvalue weighted by molar-refractivity contribution is 0.0951. The number of alkyl halides is 2. The van der Waals surface area contributed by atoms with Gasteiger partial charge in [-0.2, -0.15) is 0 Å². The van der Waals surface area contributed by atoms with Crippen molar-refractivity contribution in [1.82, 2.24) is 15.3 Å². The Bertz CT molecular complexity index is 1290. The second kappa shape index (κ2) is 15.4. The summed E-state index contributed by atoms with van der Waals surface area (Å²) in [7, 11) is 2.89. The third kappa shape index (κ3) is 9.66. The number of nitrogens with one attached hydrogen (secondary N) is 2. The summed E-state index contributed by atoms with van der Waals surface area (Å²) in [5.74, 6) is 5.38. The van der Waals surface area contributed by atoms with Gasteiger partial charge in [0.05, 0.1) is 18.9 Å². The first-order chi connectivity index (χ1) is 18.7. The van der Waals surface area contributed by atoms with Crippen LogP contribution in [0.1, 0.15) is 50.6 Å². The zero-order valence-electron chi connectivity index (χ0n) is 22.0. The number of hydrogen-bond donors (Lipinski definition) is 4. The molecular weight excluding hydrogens is 528 g/mol. The predicted octanol–water partition coefficient (Wildman–Crippen LogP) is 4.34. The first-order valence-corrected chi connectivity index (χ1v) is 12.8. The van der Waals surface area contributed by atoms with Gasteiger partial charge in [0.1, 0.15) is 22.0 Å². The number of nitrogens with zero attached hydrogens (tertiary/aromatic N) is 3. The molecule has 1 aliphatic rings. The monoisotopic (exact) mass is 561 g/mol. The van der Waals surface area contributed by atoms with Crippen molar-refractivity contribution in [2.75, 3.05) is 14.2 Å². The first-order valence-electron chi connectivity index (χ1n) is 11.9. The van der Waals surface area contributed by atoms with Crippen LogP contribution in [0.25, 0.3) is 11.1 Å². The van der Waals surface area contributed by atoms with Gasteiger partial charge >= 0.3 is 0 Å². The third-order valence-electron chi connectivity index (χ3n) is 4.84. The average molecular weight is 562 g/mol. The minimum atomic E-state index is -2.86. The van der Waals surface area contributed by atoms with E-state index in [1.165, 1.54) is 31.7 Å². The van der Waals surface area contributed by atoms with E-state index < -0.39 is 23.5 Å². The van der Waals surface area contributed by atoms with Crippen LogP contribution in [-0.2, 0) is 0 Å². The molecule has 2 aromatic rings. The molecule has 1 aliphatic carbocycles. The van der Waals surface area contributed by atoms with Gasteiger partial charge in [0.2, 0.25) is 5.88 Å². The Balaban J connectivity index is 0.00000261. The lowest BCUT2D eigenvalue weighted by Crippen LogP contribution is -2.39. The Morgan fingerprint density at radius 3 is 2.64 bits per heavy atom. The molecule has 0 radical (unpaired) electrons. The van der Waals surface area contributed by atoms with E-state index in [0.29, 0.717) is 5.92 Å². The number of allylic oxidation sites excluding steroid dienone is 1. The van der Waals surface area contributed by atoms with Crippen molar-refractivity contribution in [2.24, 2.45) is 22.4 Å². The van der Waals surface area contributed by atoms with Gasteiger partial charge in [-0.25, -0.2) is 13.8 Å². The topological polar surface area (TPSA) is 162 Å². The van der Waals surface area contributed by atoms with Crippen molar-refractivity contribution in [1.29, 1.82) is 5.41 Å². The highest BCUT2D eigenvalue weighted by Crippen LogP contribution is 2.36. The fourth-order valence-electron chi connectivity index (χ4n) is 2.94. The van der Waals surface area contributed by atoms with E-state index in [1.54, 1.807) is 7.05 Å². The lowest BCUT2D eigenvalue weighted by Gasteiger charge is -2.17. The molecule has 1 saturated carbocycles. The molecule has 2 heterocycles. The van der Waals surface area contributed by atoms with Crippen LogP contribution in [-0.4, -0.2) is 46.8 Å². The highest BCUT2D eigenvalue weighted by molar-refractivity contribution is 8.14. The van der Waals surface area contributed by atoms with Crippen molar-refractivity contribution in [3.63, 3.8) is 0 Å². The number of nitrogens with two attached hydrogens (primary N) is 2. The number of rotatable bonds is 9. The number of pyridine rings is 2. The maximum absolute atomic E-state index is 13.4. The van der Waals surface area contributed by atoms with E-state index in [-0.39, 0.29) is 40.7 Å². The summed E-state index contributed by atoms with van der Waals surface area (Å²) in [6.07, 6.45) is 4.29. The molecule has 0 aromatic carbocycles. The van der Waals surface area contributed by atoms with E-state index in [0.717, 1.165) is 36.9 Å². The number of aromatic nitrogens is 2. The lowest BCUT2D eigenvalue weighted by atomic mass is 10.00. The molecule has 210 valence electrons. The quantitative estimate of drug-likeness (QED) is 0.116. The van der Waals surface area contributed by atoms with Crippen molar-refractivity contribution in [3.05, 3.63) is 47.7 Å². The predicted molar refractivity (Wildman–Crippen MR) is 151 cm³/mol. The Morgan fingerprint density at radius 1 is 1.31 bits per heavy atom. The summed E-state index contributed by atoms with van der Waals surface area (Å²) in [6.45, 7) is 4.00. The normalized spacial score (nSPS) is 13.6. The number of carbonyl (C=O) groups excluding carboxylic acids is 1. The Kier molecular flexibility index (Phi) is 12.3. The third-order valence-corrected chi connectivity index (χ3v) is 5.55. The molecule has 0 spiro atoms. The molecule has 2 aromatic heterocycles. The smallest absolute Gasteiger partial charge is 0.280 e. The number of aliphatic imine (C=N–C) groups is 1. The summed E-state index contributed by atoms with van der Waals surface area (Å²) in [6, 6.07) is 2.47. The molecule has 1 unspecified atom stereocenters. The summed E-state index contributed by atoms with van der Waals surface area (Å²) in [5.41, 5.74) is 10.6. The van der Waals surface area contributed by atoms with Crippen LogP contribution in [0, 0.1) is 23.2 Å². The molecule has 3 rings (SSSR count). The molecular formula is C26H33F2N7O3S. The standard InChI is InChI=1S/C24H25F2N7O3S.C2H6.H2/c1-30-8-7-19(27)36-21-10-14(15-9-17(22(25)26)31-12-18(15)35-2)16(11-32-21)23(34)33-24(29)37-20(28)6-5-13-3-4-13;1-2;/h7-13,22,24,28H,3-4,27,29H2,1-2H3,(H,33,34);1-2H3;1H/b19-7+,28-20?,30-8?;;. The SMILES string of the molecule is CC.CN=C/C=C(\N)Oc1cc(-c2cc(C(F)F)ncc2OC)c(C(=O)NC(N)SC(=N)C#CC2CC2)cn1.[HH]. The van der Waals surface area contributed by atoms with Crippen LogP contribution in [0.3, 0.4) is 0 Å². The van der Waals surface area contributed by atoms with Gasteiger partial charge in [0.15, 0.2) is 5.88 Å². The second-order valence-corrected chi connectivity index (χ2v) is 8.79. The molecule has 1 fully saturated rings. The molecule has 0 bridgehead atoms. The van der Waals surface area contributed by atoms with Gasteiger partial charge in [0.25, 0.3) is 12.3 Å². The fraction of sp³-hybridized carbons (Fsp3) is 0.346. The zero-order valence-corrected chi connectivity index (χ0v) is 22.8. The molecule has 39 heavy (non-hydrogen) atoms. The van der Waals surface area contributed by atoms with Crippen molar-refractivity contribution in [2.45, 2.75) is 38.6 Å². The Morgan fingerprint density at radius 2 is 2.03 bits per heavy atom. The molecule has 1 amide bonds. The minimum Gasteiger partial charge on any atom is -0.494 e. The summed E-state index contributed by atoms with van der Waals surface area (Å²) in [4.78, 5) is 24.7. The Hall–Kier alpha value is -4.02. The fourth-order valence-corrected chi connectivity index (χ4v) is 3.48. The number of thioether (sulfide) groups is 1. The van der Waals surface area contributed by atoms with Crippen molar-refractivity contribution in [3.8, 4) is 34.6 Å². The highest BCUT2D eigenvalue weighted by Gasteiger charge is 2.23. The highest BCUT2D eigenvalue weighted by atomic mass is 32.2. The minimum absolute atomic E-state index is 0. The number of amides is 1. The number of carbonyl (C=O) groups is 1. The Labute approximate surface area is 231 Å². The molecule has 0 saturated heterocycles. The number of methoxy groups -OCH3 is 1. The molecule has 10 nitrogen and oxygen atoms in total. The summed E-state index contributed by atoms with van der Waals surface area (Å²) >= 11 is 0.867.